The van der Waals surface area contributed by atoms with Crippen LogP contribution >= 0.6 is 0 Å². The van der Waals surface area contributed by atoms with Crippen molar-refractivity contribution in [2.75, 3.05) is 0 Å². The van der Waals surface area contributed by atoms with Crippen LogP contribution in [-0.2, 0) is 10.2 Å². The number of carboxylic acids is 1. The van der Waals surface area contributed by atoms with E-state index in [0.717, 1.165) is 18.4 Å². The Hall–Kier alpha value is -1.38. The molecule has 0 amide bonds. The lowest BCUT2D eigenvalue weighted by Crippen LogP contribution is -2.19. The minimum absolute atomic E-state index is 0.603. The Kier molecular flexibility index (Phi) is 1.40. The molecule has 0 aliphatic heterocycles. The van der Waals surface area contributed by atoms with Crippen LogP contribution in [0.25, 0.3) is 0 Å². The number of aromatic nitrogens is 1. The van der Waals surface area contributed by atoms with Gasteiger partial charge in [-0.25, -0.2) is 0 Å². The minimum Gasteiger partial charge on any atom is -0.481 e. The number of aliphatic carboxylic acids is 1. The number of hydrogen-bond acceptors (Lipinski definition) is 2. The molecule has 0 bridgehead atoms. The van der Waals surface area contributed by atoms with E-state index in [1.165, 1.54) is 0 Å². The molecule has 62 valence electrons. The summed E-state index contributed by atoms with van der Waals surface area (Å²) in [5.74, 6) is -0.726. The lowest BCUT2D eigenvalue weighted by atomic mass is 9.98. The summed E-state index contributed by atoms with van der Waals surface area (Å²) in [4.78, 5) is 14.8. The van der Waals surface area contributed by atoms with E-state index in [1.807, 2.05) is 6.07 Å². The molecule has 1 aliphatic carbocycles. The summed E-state index contributed by atoms with van der Waals surface area (Å²) in [6.45, 7) is 0. The predicted molar refractivity (Wildman–Crippen MR) is 42.8 cm³/mol. The van der Waals surface area contributed by atoms with Gasteiger partial charge in [-0.15, -0.1) is 0 Å². The summed E-state index contributed by atoms with van der Waals surface area (Å²) in [6.07, 6.45) is 4.78. The Morgan fingerprint density at radius 3 is 2.75 bits per heavy atom. The van der Waals surface area contributed by atoms with E-state index in [4.69, 9.17) is 5.11 Å². The van der Waals surface area contributed by atoms with E-state index in [-0.39, 0.29) is 0 Å². The molecule has 1 N–H and O–H groups in total. The number of rotatable bonds is 2. The van der Waals surface area contributed by atoms with Crippen molar-refractivity contribution in [1.29, 1.82) is 0 Å². The van der Waals surface area contributed by atoms with Gasteiger partial charge < -0.3 is 5.11 Å². The summed E-state index contributed by atoms with van der Waals surface area (Å²) < 4.78 is 0. The van der Waals surface area contributed by atoms with Gasteiger partial charge >= 0.3 is 5.97 Å². The van der Waals surface area contributed by atoms with Gasteiger partial charge in [0.15, 0.2) is 0 Å². The summed E-state index contributed by atoms with van der Waals surface area (Å²) in [6, 6.07) is 3.60. The fourth-order valence-electron chi connectivity index (χ4n) is 1.40. The molecule has 1 fully saturated rings. The van der Waals surface area contributed by atoms with Gasteiger partial charge in [0.05, 0.1) is 5.41 Å². The van der Waals surface area contributed by atoms with Gasteiger partial charge in [-0.1, -0.05) is 6.07 Å². The second kappa shape index (κ2) is 2.30. The van der Waals surface area contributed by atoms with Crippen LogP contribution in [0.2, 0.25) is 0 Å². The molecule has 1 aliphatic rings. The highest BCUT2D eigenvalue weighted by atomic mass is 16.4. The smallest absolute Gasteiger partial charge is 0.314 e. The summed E-state index contributed by atoms with van der Waals surface area (Å²) in [5, 5.41) is 8.93. The van der Waals surface area contributed by atoms with Gasteiger partial charge in [0, 0.05) is 12.4 Å². The molecule has 1 aromatic heterocycles. The number of nitrogens with zero attached hydrogens (tertiary/aromatic N) is 1. The van der Waals surface area contributed by atoms with Crippen LogP contribution in [0, 0.1) is 0 Å². The summed E-state index contributed by atoms with van der Waals surface area (Å²) in [5.41, 5.74) is 0.228. The highest BCUT2D eigenvalue weighted by Gasteiger charge is 2.51. The maximum Gasteiger partial charge on any atom is 0.314 e. The molecule has 3 heteroatoms. The zero-order chi connectivity index (χ0) is 8.60. The summed E-state index contributed by atoms with van der Waals surface area (Å²) in [7, 11) is 0. The standard InChI is InChI=1S/C9H9NO2/c11-8(12)9(3-4-9)7-2-1-5-10-6-7/h1-2,5-6H,3-4H2,(H,11,12). The van der Waals surface area contributed by atoms with Crippen LogP contribution in [0.15, 0.2) is 24.5 Å². The van der Waals surface area contributed by atoms with Crippen LogP contribution in [0.3, 0.4) is 0 Å². The molecule has 0 saturated heterocycles. The average molecular weight is 163 g/mol. The number of pyridine rings is 1. The Balaban J connectivity index is 2.37. The lowest BCUT2D eigenvalue weighted by Gasteiger charge is -2.07. The van der Waals surface area contributed by atoms with E-state index in [1.54, 1.807) is 18.5 Å². The average Bonchev–Trinajstić information content (AvgIpc) is 2.86. The minimum atomic E-state index is -0.726. The van der Waals surface area contributed by atoms with E-state index in [2.05, 4.69) is 4.98 Å². The Labute approximate surface area is 70.1 Å². The summed E-state index contributed by atoms with van der Waals surface area (Å²) >= 11 is 0. The third kappa shape index (κ3) is 0.897. The van der Waals surface area contributed by atoms with E-state index < -0.39 is 11.4 Å². The molecule has 0 unspecified atom stereocenters. The monoisotopic (exact) mass is 163 g/mol. The lowest BCUT2D eigenvalue weighted by molar-refractivity contribution is -0.140. The van der Waals surface area contributed by atoms with Crippen molar-refractivity contribution in [2.45, 2.75) is 18.3 Å². The van der Waals surface area contributed by atoms with Gasteiger partial charge in [-0.2, -0.15) is 0 Å². The van der Waals surface area contributed by atoms with Gasteiger partial charge in [0.25, 0.3) is 0 Å². The molecule has 0 spiro atoms. The van der Waals surface area contributed by atoms with Crippen molar-refractivity contribution in [1.82, 2.24) is 4.98 Å². The fourth-order valence-corrected chi connectivity index (χ4v) is 1.40. The van der Waals surface area contributed by atoms with Crippen LogP contribution in [0.5, 0.6) is 0 Å². The largest absolute Gasteiger partial charge is 0.481 e. The number of carboxylic acid groups (broad SMARTS) is 1. The molecule has 1 saturated carbocycles. The first-order valence-electron chi connectivity index (χ1n) is 3.90. The SMILES string of the molecule is O=C(O)C1(c2cccnc2)CC1. The Morgan fingerprint density at radius 1 is 1.58 bits per heavy atom. The normalized spacial score (nSPS) is 18.7. The van der Waals surface area contributed by atoms with E-state index >= 15 is 0 Å². The third-order valence-electron chi connectivity index (χ3n) is 2.37. The van der Waals surface area contributed by atoms with Crippen LogP contribution < -0.4 is 0 Å². The molecular weight excluding hydrogens is 154 g/mol. The van der Waals surface area contributed by atoms with Crippen molar-refractivity contribution in [3.8, 4) is 0 Å². The molecule has 0 aromatic carbocycles. The van der Waals surface area contributed by atoms with E-state index in [0.29, 0.717) is 0 Å². The first-order chi connectivity index (χ1) is 5.76. The van der Waals surface area contributed by atoms with Crippen LogP contribution in [-0.4, -0.2) is 16.1 Å². The van der Waals surface area contributed by atoms with Crippen molar-refractivity contribution >= 4 is 5.97 Å². The fraction of sp³-hybridized carbons (Fsp3) is 0.333. The number of hydrogen-bond donors (Lipinski definition) is 1. The number of carbonyl (C=O) groups is 1. The molecule has 12 heavy (non-hydrogen) atoms. The molecule has 1 aromatic rings. The van der Waals surface area contributed by atoms with Gasteiger partial charge in [0.1, 0.15) is 0 Å². The maximum atomic E-state index is 10.9. The molecule has 2 rings (SSSR count). The van der Waals surface area contributed by atoms with Crippen molar-refractivity contribution in [2.24, 2.45) is 0 Å². The Morgan fingerprint density at radius 2 is 2.33 bits per heavy atom. The molecule has 1 heterocycles. The molecular formula is C9H9NO2. The second-order valence-corrected chi connectivity index (χ2v) is 3.13. The highest BCUT2D eigenvalue weighted by Crippen LogP contribution is 2.47. The first kappa shape index (κ1) is 7.28. The highest BCUT2D eigenvalue weighted by molar-refractivity contribution is 5.84. The zero-order valence-corrected chi connectivity index (χ0v) is 6.53. The van der Waals surface area contributed by atoms with Crippen molar-refractivity contribution in [3.63, 3.8) is 0 Å². The predicted octanol–water partition coefficient (Wildman–Crippen LogP) is 1.20. The molecule has 0 radical (unpaired) electrons. The van der Waals surface area contributed by atoms with Gasteiger partial charge in [-0.3, -0.25) is 9.78 Å². The maximum absolute atomic E-state index is 10.9. The quantitative estimate of drug-likeness (QED) is 0.712. The van der Waals surface area contributed by atoms with E-state index in [9.17, 15) is 4.79 Å². The van der Waals surface area contributed by atoms with Crippen molar-refractivity contribution < 1.29 is 9.90 Å². The second-order valence-electron chi connectivity index (χ2n) is 3.13. The van der Waals surface area contributed by atoms with Crippen LogP contribution in [0.4, 0.5) is 0 Å². The molecule has 0 atom stereocenters. The van der Waals surface area contributed by atoms with Gasteiger partial charge in [-0.05, 0) is 24.5 Å². The zero-order valence-electron chi connectivity index (χ0n) is 6.53. The van der Waals surface area contributed by atoms with Gasteiger partial charge in [0.2, 0.25) is 0 Å². The van der Waals surface area contributed by atoms with Crippen LogP contribution in [0.1, 0.15) is 18.4 Å². The topological polar surface area (TPSA) is 50.2 Å². The first-order valence-corrected chi connectivity index (χ1v) is 3.90. The van der Waals surface area contributed by atoms with Crippen molar-refractivity contribution in [3.05, 3.63) is 30.1 Å². The third-order valence-corrected chi connectivity index (χ3v) is 2.37. The molecule has 3 nitrogen and oxygen atoms in total. The Bertz CT molecular complexity index is 304.